The van der Waals surface area contributed by atoms with Gasteiger partial charge in [-0.15, -0.1) is 0 Å². The van der Waals surface area contributed by atoms with Crippen LogP contribution in [0.1, 0.15) is 55.2 Å². The minimum atomic E-state index is -1.11. The van der Waals surface area contributed by atoms with E-state index in [1.165, 1.54) is 6.42 Å². The first-order chi connectivity index (χ1) is 16.1. The monoisotopic (exact) mass is 445 g/mol. The molecule has 0 aliphatic carbocycles. The second kappa shape index (κ2) is 10.5. The first-order valence-electron chi connectivity index (χ1n) is 12.0. The summed E-state index contributed by atoms with van der Waals surface area (Å²) in [6.45, 7) is 1.76. The maximum Gasteiger partial charge on any atom is 0.144 e. The van der Waals surface area contributed by atoms with E-state index in [0.29, 0.717) is 19.3 Å². The van der Waals surface area contributed by atoms with Crippen molar-refractivity contribution in [3.8, 4) is 5.75 Å². The smallest absolute Gasteiger partial charge is 0.144 e. The molecule has 1 aliphatic rings. The molecule has 1 heterocycles. The van der Waals surface area contributed by atoms with Crippen molar-refractivity contribution < 1.29 is 14.9 Å². The highest BCUT2D eigenvalue weighted by molar-refractivity contribution is 5.36. The largest absolute Gasteiger partial charge is 0.497 e. The number of methoxy groups -OCH3 is 1. The molecule has 1 fully saturated rings. The number of benzene rings is 3. The summed E-state index contributed by atoms with van der Waals surface area (Å²) < 4.78 is 5.32. The Hall–Kier alpha value is -2.66. The third-order valence-corrected chi connectivity index (χ3v) is 7.00. The topological polar surface area (TPSA) is 52.9 Å². The minimum absolute atomic E-state index is 0.521. The van der Waals surface area contributed by atoms with Gasteiger partial charge in [-0.2, -0.15) is 0 Å². The molecule has 2 N–H and O–H groups in total. The number of nitrogens with zero attached hydrogens (tertiary/aromatic N) is 1. The molecule has 33 heavy (non-hydrogen) atoms. The highest BCUT2D eigenvalue weighted by Gasteiger charge is 2.38. The Balaban J connectivity index is 1.59. The third-order valence-electron chi connectivity index (χ3n) is 7.00. The third kappa shape index (κ3) is 5.14. The maximum atomic E-state index is 12.0. The summed E-state index contributed by atoms with van der Waals surface area (Å²) in [5.74, 6) is 0.780. The fourth-order valence-corrected chi connectivity index (χ4v) is 5.08. The zero-order chi connectivity index (χ0) is 23.2. The van der Waals surface area contributed by atoms with E-state index < -0.39 is 11.3 Å². The van der Waals surface area contributed by atoms with Crippen LogP contribution in [0.5, 0.6) is 5.75 Å². The maximum absolute atomic E-state index is 12.0. The van der Waals surface area contributed by atoms with Gasteiger partial charge in [-0.25, -0.2) is 0 Å². The Morgan fingerprint density at radius 2 is 1.24 bits per heavy atom. The molecule has 1 saturated heterocycles. The molecule has 174 valence electrons. The minimum Gasteiger partial charge on any atom is -0.497 e. The van der Waals surface area contributed by atoms with Crippen molar-refractivity contribution in [1.29, 1.82) is 0 Å². The predicted octanol–water partition coefficient (Wildman–Crippen LogP) is 5.43. The Labute approximate surface area is 197 Å². The van der Waals surface area contributed by atoms with E-state index in [2.05, 4.69) is 4.90 Å². The number of ether oxygens (including phenoxy) is 1. The zero-order valence-electron chi connectivity index (χ0n) is 19.5. The van der Waals surface area contributed by atoms with Crippen molar-refractivity contribution >= 4 is 0 Å². The van der Waals surface area contributed by atoms with Crippen LogP contribution >= 0.6 is 0 Å². The van der Waals surface area contributed by atoms with Crippen molar-refractivity contribution in [3.63, 3.8) is 0 Å². The first-order valence-corrected chi connectivity index (χ1v) is 12.0. The standard InChI is InChI=1S/C29H35NO3/c1-33-27-18-16-26(17-19-27)29(32,30-22-9-4-10-23-30)21-11-20-28(31,24-12-5-2-6-13-24)25-14-7-3-8-15-25/h2-3,5-8,12-19,31-32H,4,9-11,20-23H2,1H3. The summed E-state index contributed by atoms with van der Waals surface area (Å²) in [4.78, 5) is 2.21. The first kappa shape index (κ1) is 23.5. The van der Waals surface area contributed by atoms with E-state index in [9.17, 15) is 10.2 Å². The quantitative estimate of drug-likeness (QED) is 0.461. The van der Waals surface area contributed by atoms with Crippen LogP contribution in [0.25, 0.3) is 0 Å². The SMILES string of the molecule is COc1ccc(C(O)(CCCC(O)(c2ccccc2)c2ccccc2)N2CCCCC2)cc1. The summed E-state index contributed by atoms with van der Waals surface area (Å²) in [6.07, 6.45) is 5.12. The average Bonchev–Trinajstić information content (AvgIpc) is 2.90. The lowest BCUT2D eigenvalue weighted by molar-refractivity contribution is -0.132. The second-order valence-electron chi connectivity index (χ2n) is 9.04. The lowest BCUT2D eigenvalue weighted by atomic mass is 9.81. The number of rotatable bonds is 9. The molecule has 1 unspecified atom stereocenters. The van der Waals surface area contributed by atoms with Gasteiger partial charge in [0.1, 0.15) is 17.1 Å². The van der Waals surface area contributed by atoms with E-state index in [4.69, 9.17) is 4.74 Å². The second-order valence-corrected chi connectivity index (χ2v) is 9.04. The van der Waals surface area contributed by atoms with Crippen molar-refractivity contribution in [1.82, 2.24) is 4.90 Å². The van der Waals surface area contributed by atoms with Gasteiger partial charge in [-0.1, -0.05) is 79.2 Å². The van der Waals surface area contributed by atoms with Crippen LogP contribution in [0, 0.1) is 0 Å². The molecule has 4 rings (SSSR count). The van der Waals surface area contributed by atoms with Crippen LogP contribution < -0.4 is 4.74 Å². The van der Waals surface area contributed by atoms with Crippen LogP contribution in [0.2, 0.25) is 0 Å². The van der Waals surface area contributed by atoms with Crippen molar-refractivity contribution in [2.45, 2.75) is 49.9 Å². The molecule has 0 saturated carbocycles. The van der Waals surface area contributed by atoms with E-state index in [0.717, 1.165) is 48.4 Å². The van der Waals surface area contributed by atoms with Crippen molar-refractivity contribution in [2.24, 2.45) is 0 Å². The Morgan fingerprint density at radius 1 is 0.697 bits per heavy atom. The van der Waals surface area contributed by atoms with E-state index in [-0.39, 0.29) is 0 Å². The normalized spacial score (nSPS) is 16.8. The lowest BCUT2D eigenvalue weighted by Gasteiger charge is -2.43. The molecule has 3 aromatic rings. The van der Waals surface area contributed by atoms with E-state index >= 15 is 0 Å². The van der Waals surface area contributed by atoms with Gasteiger partial charge < -0.3 is 14.9 Å². The molecular formula is C29H35NO3. The van der Waals surface area contributed by atoms with Gasteiger partial charge in [-0.05, 0) is 60.9 Å². The molecule has 4 heteroatoms. The molecule has 3 aromatic carbocycles. The Bertz CT molecular complexity index is 945. The van der Waals surface area contributed by atoms with Gasteiger partial charge in [0.15, 0.2) is 0 Å². The van der Waals surface area contributed by atoms with Crippen LogP contribution in [0.15, 0.2) is 84.9 Å². The van der Waals surface area contributed by atoms with Crippen LogP contribution in [0.4, 0.5) is 0 Å². The summed E-state index contributed by atoms with van der Waals surface area (Å²) in [5.41, 5.74) is 0.462. The summed E-state index contributed by atoms with van der Waals surface area (Å²) >= 11 is 0. The molecule has 0 bridgehead atoms. The summed E-state index contributed by atoms with van der Waals surface area (Å²) in [5, 5.41) is 23.9. The highest BCUT2D eigenvalue weighted by Crippen LogP contribution is 2.39. The van der Waals surface area contributed by atoms with Gasteiger partial charge in [0, 0.05) is 13.1 Å². The molecular weight excluding hydrogens is 410 g/mol. The number of piperidine rings is 1. The van der Waals surface area contributed by atoms with Gasteiger partial charge >= 0.3 is 0 Å². The number of hydrogen-bond donors (Lipinski definition) is 2. The molecule has 0 aromatic heterocycles. The number of likely N-dealkylation sites (tertiary alicyclic amines) is 1. The number of aliphatic hydroxyl groups is 2. The fourth-order valence-electron chi connectivity index (χ4n) is 5.08. The van der Waals surface area contributed by atoms with Gasteiger partial charge in [-0.3, -0.25) is 4.90 Å². The lowest BCUT2D eigenvalue weighted by Crippen LogP contribution is -2.48. The van der Waals surface area contributed by atoms with Gasteiger partial charge in [0.25, 0.3) is 0 Å². The van der Waals surface area contributed by atoms with Crippen LogP contribution in [-0.4, -0.2) is 35.3 Å². The molecule has 0 radical (unpaired) electrons. The van der Waals surface area contributed by atoms with Crippen molar-refractivity contribution in [2.75, 3.05) is 20.2 Å². The molecule has 0 spiro atoms. The molecule has 4 nitrogen and oxygen atoms in total. The Morgan fingerprint density at radius 3 is 1.76 bits per heavy atom. The van der Waals surface area contributed by atoms with Crippen molar-refractivity contribution in [3.05, 3.63) is 102 Å². The molecule has 1 aliphatic heterocycles. The summed E-state index contributed by atoms with van der Waals surface area (Å²) in [6, 6.07) is 27.5. The number of hydrogen-bond acceptors (Lipinski definition) is 4. The molecule has 1 atom stereocenters. The zero-order valence-corrected chi connectivity index (χ0v) is 19.5. The molecule has 0 amide bonds. The van der Waals surface area contributed by atoms with E-state index in [1.807, 2.05) is 84.9 Å². The van der Waals surface area contributed by atoms with Crippen LogP contribution in [-0.2, 0) is 11.3 Å². The van der Waals surface area contributed by atoms with Gasteiger partial charge in [0.05, 0.1) is 7.11 Å². The predicted molar refractivity (Wildman–Crippen MR) is 132 cm³/mol. The van der Waals surface area contributed by atoms with E-state index in [1.54, 1.807) is 7.11 Å². The van der Waals surface area contributed by atoms with Crippen LogP contribution in [0.3, 0.4) is 0 Å². The summed E-state index contributed by atoms with van der Waals surface area (Å²) in [7, 11) is 1.65. The Kier molecular flexibility index (Phi) is 7.49. The average molecular weight is 446 g/mol. The highest BCUT2D eigenvalue weighted by atomic mass is 16.5. The fraction of sp³-hybridized carbons (Fsp3) is 0.379. The van der Waals surface area contributed by atoms with Gasteiger partial charge in [0.2, 0.25) is 0 Å².